The predicted octanol–water partition coefficient (Wildman–Crippen LogP) is 4.82. The Morgan fingerprint density at radius 1 is 1.23 bits per heavy atom. The molecule has 0 radical (unpaired) electrons. The first-order valence-electron chi connectivity index (χ1n) is 9.89. The monoisotopic (exact) mass is 446 g/mol. The first kappa shape index (κ1) is 23.3. The molecule has 3 rings (SSSR count). The van der Waals surface area contributed by atoms with Gasteiger partial charge in [0.15, 0.2) is 0 Å². The van der Waals surface area contributed by atoms with Crippen LogP contribution in [0.2, 0.25) is 5.02 Å². The Bertz CT molecular complexity index is 953. The molecule has 0 saturated carbocycles. The molecule has 1 aromatic heterocycles. The number of rotatable bonds is 6. The highest BCUT2D eigenvalue weighted by Gasteiger charge is 2.52. The quantitative estimate of drug-likeness (QED) is 0.645. The number of nitrogens with zero attached hydrogens (tertiary/aromatic N) is 1. The van der Waals surface area contributed by atoms with E-state index in [4.69, 9.17) is 25.6 Å². The molecule has 1 aliphatic heterocycles. The van der Waals surface area contributed by atoms with E-state index in [0.29, 0.717) is 5.47 Å². The highest BCUT2D eigenvalue weighted by Crippen LogP contribution is 2.38. The number of pyridine rings is 1. The van der Waals surface area contributed by atoms with Crippen molar-refractivity contribution in [3.05, 3.63) is 70.2 Å². The molecule has 1 aromatic carbocycles. The molecule has 0 atom stereocenters. The lowest BCUT2D eigenvalue weighted by Gasteiger charge is -2.32. The lowest BCUT2D eigenvalue weighted by molar-refractivity contribution is 0.00578. The normalized spacial score (nSPS) is 17.5. The maximum Gasteiger partial charge on any atom is 0.492 e. The Morgan fingerprint density at radius 3 is 2.48 bits per heavy atom. The van der Waals surface area contributed by atoms with Gasteiger partial charge in [0.1, 0.15) is 12.4 Å². The fourth-order valence-corrected chi connectivity index (χ4v) is 3.00. The van der Waals surface area contributed by atoms with Gasteiger partial charge in [-0.15, -0.1) is 0 Å². The minimum Gasteiger partial charge on any atom is -0.445 e. The summed E-state index contributed by atoms with van der Waals surface area (Å²) in [5.41, 5.74) is 0.219. The summed E-state index contributed by atoms with van der Waals surface area (Å²) in [5.74, 6) is -0.590. The van der Waals surface area contributed by atoms with Crippen LogP contribution in [0.1, 0.15) is 39.0 Å². The number of halogens is 2. The van der Waals surface area contributed by atoms with E-state index in [0.717, 1.165) is 5.56 Å². The van der Waals surface area contributed by atoms with E-state index in [-0.39, 0.29) is 23.9 Å². The minimum absolute atomic E-state index is 0.0220. The summed E-state index contributed by atoms with van der Waals surface area (Å²) in [6.45, 7) is 7.80. The van der Waals surface area contributed by atoms with Gasteiger partial charge in [0, 0.05) is 12.7 Å². The second kappa shape index (κ2) is 9.38. The Balaban J connectivity index is 1.74. The number of hydrogen-bond acceptors (Lipinski definition) is 5. The lowest BCUT2D eigenvalue weighted by atomic mass is 9.77. The Kier molecular flexibility index (Phi) is 7.04. The maximum absolute atomic E-state index is 14.3. The molecular formula is C22H25BClFN2O4. The molecule has 1 amide bonds. The van der Waals surface area contributed by atoms with Crippen LogP contribution in [0.3, 0.4) is 0 Å². The molecule has 164 valence electrons. The van der Waals surface area contributed by atoms with Crippen LogP contribution >= 0.6 is 11.6 Å². The van der Waals surface area contributed by atoms with Crippen molar-refractivity contribution >= 4 is 30.9 Å². The van der Waals surface area contributed by atoms with Gasteiger partial charge in [-0.3, -0.25) is 4.98 Å². The van der Waals surface area contributed by atoms with Crippen molar-refractivity contribution < 1.29 is 23.2 Å². The third kappa shape index (κ3) is 5.84. The molecule has 6 nitrogen and oxygen atoms in total. The van der Waals surface area contributed by atoms with Gasteiger partial charge in [-0.05, 0) is 50.9 Å². The number of ether oxygens (including phenoxy) is 1. The molecule has 31 heavy (non-hydrogen) atoms. The van der Waals surface area contributed by atoms with Gasteiger partial charge in [-0.2, -0.15) is 0 Å². The molecular weight excluding hydrogens is 422 g/mol. The standard InChI is InChI=1S/C22H25BClFN2O4/c1-21(2)22(3,4)31-23(30-21)16(10-19-18(25)11-17(24)13-26-19)12-27-20(28)29-14-15-8-6-5-7-9-15/h5-11,13H,12,14H2,1-4H3,(H,27,28). The number of carbonyl (C=O) groups is 1. The Labute approximate surface area is 186 Å². The van der Waals surface area contributed by atoms with Gasteiger partial charge in [0.25, 0.3) is 0 Å². The summed E-state index contributed by atoms with van der Waals surface area (Å²) in [6, 6.07) is 10.5. The second-order valence-corrected chi connectivity index (χ2v) is 8.68. The second-order valence-electron chi connectivity index (χ2n) is 8.24. The predicted molar refractivity (Wildman–Crippen MR) is 118 cm³/mol. The Morgan fingerprint density at radius 2 is 1.87 bits per heavy atom. The van der Waals surface area contributed by atoms with Crippen LogP contribution in [-0.4, -0.2) is 35.9 Å². The lowest BCUT2D eigenvalue weighted by Crippen LogP contribution is -2.41. The summed E-state index contributed by atoms with van der Waals surface area (Å²) >= 11 is 5.80. The van der Waals surface area contributed by atoms with Crippen LogP contribution in [-0.2, 0) is 20.7 Å². The molecule has 0 aliphatic carbocycles. The molecule has 1 aliphatic rings. The van der Waals surface area contributed by atoms with E-state index < -0.39 is 30.2 Å². The molecule has 2 aromatic rings. The molecule has 2 heterocycles. The zero-order chi connectivity index (χ0) is 22.6. The van der Waals surface area contributed by atoms with Gasteiger partial charge >= 0.3 is 13.2 Å². The van der Waals surface area contributed by atoms with E-state index in [2.05, 4.69) is 10.3 Å². The van der Waals surface area contributed by atoms with Crippen LogP contribution in [0, 0.1) is 5.82 Å². The highest BCUT2D eigenvalue weighted by molar-refractivity contribution is 6.56. The largest absolute Gasteiger partial charge is 0.492 e. The van der Waals surface area contributed by atoms with Crippen molar-refractivity contribution in [1.82, 2.24) is 10.3 Å². The highest BCUT2D eigenvalue weighted by atomic mass is 35.5. The average molecular weight is 447 g/mol. The van der Waals surface area contributed by atoms with E-state index in [1.165, 1.54) is 18.3 Å². The van der Waals surface area contributed by atoms with E-state index in [1.807, 2.05) is 58.0 Å². The van der Waals surface area contributed by atoms with Crippen LogP contribution in [0.4, 0.5) is 9.18 Å². The van der Waals surface area contributed by atoms with Crippen LogP contribution in [0.15, 0.2) is 48.1 Å². The van der Waals surface area contributed by atoms with Crippen molar-refractivity contribution in [2.75, 3.05) is 6.54 Å². The van der Waals surface area contributed by atoms with Gasteiger partial charge in [-0.1, -0.05) is 41.9 Å². The van der Waals surface area contributed by atoms with Crippen molar-refractivity contribution in [1.29, 1.82) is 0 Å². The van der Waals surface area contributed by atoms with E-state index >= 15 is 0 Å². The van der Waals surface area contributed by atoms with Crippen LogP contribution < -0.4 is 5.32 Å². The molecule has 0 spiro atoms. The van der Waals surface area contributed by atoms with Crippen molar-refractivity contribution in [2.45, 2.75) is 45.5 Å². The van der Waals surface area contributed by atoms with Crippen LogP contribution in [0.25, 0.3) is 6.08 Å². The molecule has 0 unspecified atom stereocenters. The van der Waals surface area contributed by atoms with E-state index in [9.17, 15) is 9.18 Å². The first-order chi connectivity index (χ1) is 14.6. The summed E-state index contributed by atoms with van der Waals surface area (Å²) < 4.78 is 31.7. The number of benzene rings is 1. The van der Waals surface area contributed by atoms with Gasteiger partial charge in [0.2, 0.25) is 0 Å². The van der Waals surface area contributed by atoms with E-state index in [1.54, 1.807) is 0 Å². The number of nitrogens with one attached hydrogen (secondary N) is 1. The average Bonchev–Trinajstić information content (AvgIpc) is 2.93. The zero-order valence-electron chi connectivity index (χ0n) is 17.9. The summed E-state index contributed by atoms with van der Waals surface area (Å²) in [7, 11) is -0.795. The number of carbonyl (C=O) groups excluding carboxylic acids is 1. The third-order valence-corrected chi connectivity index (χ3v) is 5.57. The number of alkyl carbamates (subject to hydrolysis) is 1. The summed E-state index contributed by atoms with van der Waals surface area (Å²) in [4.78, 5) is 16.2. The SMILES string of the molecule is CC1(C)OB(C(=Cc2ncc(Cl)cc2F)CNC(=O)OCc2ccccc2)OC1(C)C. The third-order valence-electron chi connectivity index (χ3n) is 5.36. The van der Waals surface area contributed by atoms with Gasteiger partial charge in [0.05, 0.1) is 21.9 Å². The molecule has 1 saturated heterocycles. The molecule has 1 fully saturated rings. The molecule has 1 N–H and O–H groups in total. The molecule has 0 bridgehead atoms. The van der Waals surface area contributed by atoms with Crippen molar-refractivity contribution in [2.24, 2.45) is 0 Å². The topological polar surface area (TPSA) is 69.7 Å². The number of aromatic nitrogens is 1. The summed E-state index contributed by atoms with van der Waals surface area (Å²) in [5, 5.41) is 2.86. The minimum atomic E-state index is -0.795. The fourth-order valence-electron chi connectivity index (χ4n) is 2.85. The van der Waals surface area contributed by atoms with Crippen molar-refractivity contribution in [3.8, 4) is 0 Å². The Hall–Kier alpha value is -2.42. The fraction of sp³-hybridized carbons (Fsp3) is 0.364. The number of hydrogen-bond donors (Lipinski definition) is 1. The maximum atomic E-state index is 14.3. The zero-order valence-corrected chi connectivity index (χ0v) is 18.7. The first-order valence-corrected chi connectivity index (χ1v) is 10.3. The summed E-state index contributed by atoms with van der Waals surface area (Å²) in [6.07, 6.45) is 2.22. The van der Waals surface area contributed by atoms with Crippen molar-refractivity contribution in [3.63, 3.8) is 0 Å². The van der Waals surface area contributed by atoms with Gasteiger partial charge in [-0.25, -0.2) is 9.18 Å². The molecule has 9 heteroatoms. The van der Waals surface area contributed by atoms with Gasteiger partial charge < -0.3 is 19.4 Å². The smallest absolute Gasteiger partial charge is 0.445 e. The number of amides is 1. The van der Waals surface area contributed by atoms with Crippen LogP contribution in [0.5, 0.6) is 0 Å².